The topological polar surface area (TPSA) is 80.3 Å². The van der Waals surface area contributed by atoms with Crippen LogP contribution in [0.4, 0.5) is 4.39 Å². The number of rotatable bonds is 5. The van der Waals surface area contributed by atoms with Crippen molar-refractivity contribution in [1.82, 2.24) is 0 Å². The number of Topliss-reactive ketones (excluding diaryl/α,β-unsaturated/α-hetero) is 1. The fourth-order valence-corrected chi connectivity index (χ4v) is 2.42. The van der Waals surface area contributed by atoms with Crippen molar-refractivity contribution in [1.29, 1.82) is 5.26 Å². The normalized spacial score (nSPS) is 10.3. The average molecular weight is 363 g/mol. The summed E-state index contributed by atoms with van der Waals surface area (Å²) in [6.07, 6.45) is 0. The Morgan fingerprint density at radius 3 is 2.48 bits per heavy atom. The number of ketones is 1. The molecule has 0 saturated heterocycles. The number of nitriles is 1. The summed E-state index contributed by atoms with van der Waals surface area (Å²) in [5.41, 5.74) is 1.63. The van der Waals surface area contributed by atoms with Gasteiger partial charge >= 0.3 is 5.97 Å². The first-order valence-corrected chi connectivity index (χ1v) is 8.05. The molecule has 0 N–H and O–H groups in total. The molecule has 0 aliphatic carbocycles. The van der Waals surface area contributed by atoms with Crippen LogP contribution in [0.5, 0.6) is 0 Å². The molecule has 1 aromatic heterocycles. The highest BCUT2D eigenvalue weighted by molar-refractivity contribution is 5.94. The van der Waals surface area contributed by atoms with E-state index < -0.39 is 11.8 Å². The maximum absolute atomic E-state index is 13.8. The first-order chi connectivity index (χ1) is 13.0. The maximum atomic E-state index is 13.8. The van der Waals surface area contributed by atoms with Crippen LogP contribution in [0.1, 0.15) is 39.0 Å². The van der Waals surface area contributed by atoms with Crippen LogP contribution in [0.15, 0.2) is 59.0 Å². The third kappa shape index (κ3) is 4.10. The monoisotopic (exact) mass is 363 g/mol. The molecule has 0 atom stereocenters. The van der Waals surface area contributed by atoms with E-state index in [2.05, 4.69) is 0 Å². The highest BCUT2D eigenvalue weighted by atomic mass is 19.1. The zero-order valence-electron chi connectivity index (χ0n) is 14.4. The Hall–Kier alpha value is -3.72. The molecule has 5 nitrogen and oxygen atoms in total. The summed E-state index contributed by atoms with van der Waals surface area (Å²) in [7, 11) is 0. The quantitative estimate of drug-likeness (QED) is 0.492. The Bertz CT molecular complexity index is 1040. The zero-order chi connectivity index (χ0) is 19.4. The minimum atomic E-state index is -0.731. The Morgan fingerprint density at radius 2 is 1.85 bits per heavy atom. The van der Waals surface area contributed by atoms with Crippen molar-refractivity contribution in [3.8, 4) is 17.4 Å². The lowest BCUT2D eigenvalue weighted by molar-refractivity contribution is 0.0433. The Balaban J connectivity index is 1.68. The predicted octanol–water partition coefficient (Wildman–Crippen LogP) is 4.52. The molecule has 3 rings (SSSR count). The van der Waals surface area contributed by atoms with Gasteiger partial charge in [-0.1, -0.05) is 30.3 Å². The largest absolute Gasteiger partial charge is 0.455 e. The van der Waals surface area contributed by atoms with Gasteiger partial charge < -0.3 is 9.15 Å². The summed E-state index contributed by atoms with van der Waals surface area (Å²) < 4.78 is 24.4. The van der Waals surface area contributed by atoms with E-state index in [9.17, 15) is 14.0 Å². The van der Waals surface area contributed by atoms with Gasteiger partial charge in [0, 0.05) is 16.7 Å². The minimum Gasteiger partial charge on any atom is -0.455 e. The fraction of sp³-hybridized carbons (Fsp3) is 0.0952. The summed E-state index contributed by atoms with van der Waals surface area (Å²) in [4.78, 5) is 23.4. The number of nitrogens with zero attached hydrogens (tertiary/aromatic N) is 1. The van der Waals surface area contributed by atoms with Crippen molar-refractivity contribution in [2.45, 2.75) is 13.5 Å². The van der Waals surface area contributed by atoms with Crippen molar-refractivity contribution < 1.29 is 23.1 Å². The lowest BCUT2D eigenvalue weighted by Crippen LogP contribution is -2.05. The molecule has 0 radical (unpaired) electrons. The van der Waals surface area contributed by atoms with E-state index in [0.29, 0.717) is 16.9 Å². The molecule has 0 aliphatic rings. The number of hydrogen-bond acceptors (Lipinski definition) is 5. The van der Waals surface area contributed by atoms with E-state index in [1.54, 1.807) is 30.3 Å². The number of ether oxygens (including phenoxy) is 1. The van der Waals surface area contributed by atoms with Gasteiger partial charge in [0.15, 0.2) is 5.78 Å². The first-order valence-electron chi connectivity index (χ1n) is 8.05. The van der Waals surface area contributed by atoms with Gasteiger partial charge in [-0.05, 0) is 31.2 Å². The molecule has 0 spiro atoms. The molecule has 0 saturated carbocycles. The van der Waals surface area contributed by atoms with Crippen molar-refractivity contribution in [2.75, 3.05) is 0 Å². The molecule has 0 fully saturated rings. The molecule has 0 unspecified atom stereocenters. The second kappa shape index (κ2) is 7.67. The van der Waals surface area contributed by atoms with E-state index in [-0.39, 0.29) is 29.3 Å². The zero-order valence-corrected chi connectivity index (χ0v) is 14.4. The lowest BCUT2D eigenvalue weighted by atomic mass is 10.1. The Labute approximate surface area is 154 Å². The van der Waals surface area contributed by atoms with Crippen LogP contribution in [0.3, 0.4) is 0 Å². The molecule has 27 heavy (non-hydrogen) atoms. The van der Waals surface area contributed by atoms with E-state index in [4.69, 9.17) is 14.4 Å². The molecular weight excluding hydrogens is 349 g/mol. The van der Waals surface area contributed by atoms with Gasteiger partial charge in [-0.2, -0.15) is 5.26 Å². The standard InChI is InChI=1S/C21H14FNO4/c1-13(24)15-4-6-16(7-5-15)19-8-9-20(27-19)21(25)26-12-17-3-2-14(11-23)10-18(17)22/h2-10H,12H2,1H3. The second-order valence-electron chi connectivity index (χ2n) is 5.79. The van der Waals surface area contributed by atoms with E-state index in [0.717, 1.165) is 6.07 Å². The van der Waals surface area contributed by atoms with Crippen LogP contribution in [0.2, 0.25) is 0 Å². The molecule has 0 bridgehead atoms. The first kappa shape index (κ1) is 18.1. The van der Waals surface area contributed by atoms with Crippen molar-refractivity contribution in [3.05, 3.63) is 82.9 Å². The van der Waals surface area contributed by atoms with Crippen LogP contribution in [-0.2, 0) is 11.3 Å². The summed E-state index contributed by atoms with van der Waals surface area (Å²) in [5.74, 6) is -0.963. The van der Waals surface area contributed by atoms with E-state index >= 15 is 0 Å². The van der Waals surface area contributed by atoms with Gasteiger partial charge in [0.25, 0.3) is 0 Å². The van der Waals surface area contributed by atoms with Crippen LogP contribution < -0.4 is 0 Å². The third-order valence-corrected chi connectivity index (χ3v) is 3.92. The van der Waals surface area contributed by atoms with Crippen molar-refractivity contribution in [2.24, 2.45) is 0 Å². The maximum Gasteiger partial charge on any atom is 0.374 e. The van der Waals surface area contributed by atoms with Crippen LogP contribution in [-0.4, -0.2) is 11.8 Å². The summed E-state index contributed by atoms with van der Waals surface area (Å²) in [6, 6.07) is 15.6. The molecular formula is C21H14FNO4. The molecule has 2 aromatic carbocycles. The molecule has 134 valence electrons. The van der Waals surface area contributed by atoms with Crippen molar-refractivity contribution in [3.63, 3.8) is 0 Å². The summed E-state index contributed by atoms with van der Waals surface area (Å²) in [6.45, 7) is 1.20. The van der Waals surface area contributed by atoms with E-state index in [1.165, 1.54) is 25.1 Å². The van der Waals surface area contributed by atoms with Gasteiger partial charge in [-0.3, -0.25) is 4.79 Å². The number of furan rings is 1. The van der Waals surface area contributed by atoms with Gasteiger partial charge in [-0.15, -0.1) is 0 Å². The van der Waals surface area contributed by atoms with Gasteiger partial charge in [0.1, 0.15) is 18.2 Å². The highest BCUT2D eigenvalue weighted by Crippen LogP contribution is 2.23. The number of benzene rings is 2. The van der Waals surface area contributed by atoms with Gasteiger partial charge in [0.2, 0.25) is 5.76 Å². The van der Waals surface area contributed by atoms with Gasteiger partial charge in [0.05, 0.1) is 11.6 Å². The number of esters is 1. The average Bonchev–Trinajstić information content (AvgIpc) is 3.17. The smallest absolute Gasteiger partial charge is 0.374 e. The van der Waals surface area contributed by atoms with E-state index in [1.807, 2.05) is 6.07 Å². The number of halogens is 1. The number of carbonyl (C=O) groups is 2. The van der Waals surface area contributed by atoms with Crippen LogP contribution in [0, 0.1) is 17.1 Å². The Morgan fingerprint density at radius 1 is 1.11 bits per heavy atom. The lowest BCUT2D eigenvalue weighted by Gasteiger charge is -2.05. The minimum absolute atomic E-state index is 0.0188. The second-order valence-corrected chi connectivity index (χ2v) is 5.79. The Kier molecular flexibility index (Phi) is 5.13. The molecule has 3 aromatic rings. The number of hydrogen-bond donors (Lipinski definition) is 0. The predicted molar refractivity (Wildman–Crippen MR) is 94.4 cm³/mol. The highest BCUT2D eigenvalue weighted by Gasteiger charge is 2.15. The van der Waals surface area contributed by atoms with Crippen LogP contribution >= 0.6 is 0 Å². The summed E-state index contributed by atoms with van der Waals surface area (Å²) >= 11 is 0. The van der Waals surface area contributed by atoms with Crippen molar-refractivity contribution >= 4 is 11.8 Å². The summed E-state index contributed by atoms with van der Waals surface area (Å²) in [5, 5.41) is 8.73. The fourth-order valence-electron chi connectivity index (χ4n) is 2.42. The van der Waals surface area contributed by atoms with Crippen LogP contribution in [0.25, 0.3) is 11.3 Å². The molecule has 0 amide bonds. The van der Waals surface area contributed by atoms with Gasteiger partial charge in [-0.25, -0.2) is 9.18 Å². The SMILES string of the molecule is CC(=O)c1ccc(-c2ccc(C(=O)OCc3ccc(C#N)cc3F)o2)cc1. The molecule has 1 heterocycles. The number of carbonyl (C=O) groups excluding carboxylic acids is 2. The molecule has 6 heteroatoms. The third-order valence-electron chi connectivity index (χ3n) is 3.92. The molecule has 0 aliphatic heterocycles.